The molecule has 0 aromatic heterocycles. The largest absolute Gasteiger partial charge is 0.508 e. The quantitative estimate of drug-likeness (QED) is 0.757. The van der Waals surface area contributed by atoms with Crippen LogP contribution >= 0.6 is 0 Å². The van der Waals surface area contributed by atoms with Gasteiger partial charge in [-0.1, -0.05) is 38.8 Å². The van der Waals surface area contributed by atoms with E-state index in [-0.39, 0.29) is 0 Å². The number of phenolic OH excluding ortho intramolecular Hbond substituents is 1. The molecule has 0 aliphatic heterocycles. The lowest BCUT2D eigenvalue weighted by molar-refractivity contribution is 0.470. The van der Waals surface area contributed by atoms with E-state index in [9.17, 15) is 5.11 Å². The number of hydrogen-bond donors (Lipinski definition) is 1. The number of benzene rings is 1. The summed E-state index contributed by atoms with van der Waals surface area (Å²) in [5, 5.41) is 9.47. The molecule has 0 heterocycles. The number of aryl methyl sites for hydroxylation is 1. The zero-order chi connectivity index (χ0) is 11.3. The van der Waals surface area contributed by atoms with Gasteiger partial charge in [-0.05, 0) is 42.9 Å². The second-order valence-electron chi connectivity index (χ2n) is 4.29. The summed E-state index contributed by atoms with van der Waals surface area (Å²) < 4.78 is 0. The van der Waals surface area contributed by atoms with E-state index >= 15 is 0 Å². The van der Waals surface area contributed by atoms with Crippen molar-refractivity contribution in [3.63, 3.8) is 0 Å². The van der Waals surface area contributed by atoms with Gasteiger partial charge in [-0.3, -0.25) is 0 Å². The molecule has 1 aromatic carbocycles. The molecule has 0 saturated carbocycles. The monoisotopic (exact) mass is 206 g/mol. The van der Waals surface area contributed by atoms with Gasteiger partial charge in [0, 0.05) is 0 Å². The molecule has 0 amide bonds. The highest BCUT2D eigenvalue weighted by Crippen LogP contribution is 2.28. The second-order valence-corrected chi connectivity index (χ2v) is 4.29. The van der Waals surface area contributed by atoms with Crippen LogP contribution in [0.3, 0.4) is 0 Å². The van der Waals surface area contributed by atoms with E-state index in [1.54, 1.807) is 0 Å². The summed E-state index contributed by atoms with van der Waals surface area (Å²) >= 11 is 0. The molecule has 84 valence electrons. The van der Waals surface area contributed by atoms with Crippen molar-refractivity contribution < 1.29 is 5.11 Å². The van der Waals surface area contributed by atoms with Gasteiger partial charge in [0.2, 0.25) is 0 Å². The number of rotatable bonds is 5. The molecule has 1 aromatic rings. The first kappa shape index (κ1) is 12.1. The topological polar surface area (TPSA) is 20.2 Å². The van der Waals surface area contributed by atoms with Gasteiger partial charge in [-0.25, -0.2) is 0 Å². The van der Waals surface area contributed by atoms with Gasteiger partial charge >= 0.3 is 0 Å². The predicted molar refractivity (Wildman–Crippen MR) is 65.4 cm³/mol. The van der Waals surface area contributed by atoms with E-state index in [1.165, 1.54) is 31.2 Å². The van der Waals surface area contributed by atoms with Crippen molar-refractivity contribution in [2.75, 3.05) is 0 Å². The lowest BCUT2D eigenvalue weighted by atomic mass is 9.90. The average molecular weight is 206 g/mol. The molecule has 0 aliphatic rings. The zero-order valence-corrected chi connectivity index (χ0v) is 10.1. The predicted octanol–water partition coefficient (Wildman–Crippen LogP) is 4.38. The number of aromatic hydroxyl groups is 1. The summed E-state index contributed by atoms with van der Waals surface area (Å²) in [5.74, 6) is 1.06. The molecule has 1 unspecified atom stereocenters. The van der Waals surface area contributed by atoms with Gasteiger partial charge in [0.1, 0.15) is 5.75 Å². The van der Waals surface area contributed by atoms with E-state index in [0.717, 1.165) is 5.56 Å². The fourth-order valence-corrected chi connectivity index (χ4v) is 1.99. The molecule has 1 atom stereocenters. The standard InChI is InChI=1S/C14H22O/c1-4-6-7-12(5-2)13-8-9-14(15)11(3)10-13/h8-10,12,15H,4-7H2,1-3H3. The van der Waals surface area contributed by atoms with Crippen LogP contribution in [-0.2, 0) is 0 Å². The maximum Gasteiger partial charge on any atom is 0.118 e. The molecule has 1 nitrogen and oxygen atoms in total. The molecule has 0 aliphatic carbocycles. The van der Waals surface area contributed by atoms with Gasteiger partial charge in [0.15, 0.2) is 0 Å². The third kappa shape index (κ3) is 3.26. The molecule has 0 spiro atoms. The summed E-state index contributed by atoms with van der Waals surface area (Å²) in [7, 11) is 0. The summed E-state index contributed by atoms with van der Waals surface area (Å²) in [5.41, 5.74) is 2.36. The van der Waals surface area contributed by atoms with Crippen molar-refractivity contribution in [3.05, 3.63) is 29.3 Å². The van der Waals surface area contributed by atoms with Crippen LogP contribution in [0.4, 0.5) is 0 Å². The Hall–Kier alpha value is -0.980. The van der Waals surface area contributed by atoms with Crippen molar-refractivity contribution in [2.45, 2.75) is 52.4 Å². The Balaban J connectivity index is 2.78. The Kier molecular flexibility index (Phi) is 4.67. The molecule has 0 fully saturated rings. The second kappa shape index (κ2) is 5.79. The van der Waals surface area contributed by atoms with Crippen molar-refractivity contribution in [2.24, 2.45) is 0 Å². The number of phenols is 1. The van der Waals surface area contributed by atoms with Crippen LogP contribution in [0, 0.1) is 6.92 Å². The zero-order valence-electron chi connectivity index (χ0n) is 10.1. The Morgan fingerprint density at radius 1 is 1.27 bits per heavy atom. The Labute approximate surface area is 93.1 Å². The van der Waals surface area contributed by atoms with E-state index in [0.29, 0.717) is 11.7 Å². The Morgan fingerprint density at radius 3 is 2.53 bits per heavy atom. The van der Waals surface area contributed by atoms with Crippen LogP contribution < -0.4 is 0 Å². The van der Waals surface area contributed by atoms with Gasteiger partial charge < -0.3 is 5.11 Å². The van der Waals surface area contributed by atoms with E-state index in [4.69, 9.17) is 0 Å². The highest BCUT2D eigenvalue weighted by atomic mass is 16.3. The summed E-state index contributed by atoms with van der Waals surface area (Å²) in [4.78, 5) is 0. The Bertz CT molecular complexity index is 304. The molecule has 0 radical (unpaired) electrons. The maximum absolute atomic E-state index is 9.47. The van der Waals surface area contributed by atoms with Crippen molar-refractivity contribution >= 4 is 0 Å². The number of hydrogen-bond acceptors (Lipinski definition) is 1. The van der Waals surface area contributed by atoms with E-state index in [1.807, 2.05) is 13.0 Å². The highest BCUT2D eigenvalue weighted by molar-refractivity contribution is 5.36. The fourth-order valence-electron chi connectivity index (χ4n) is 1.99. The first-order chi connectivity index (χ1) is 7.19. The molecular formula is C14H22O. The molecule has 15 heavy (non-hydrogen) atoms. The van der Waals surface area contributed by atoms with Crippen LogP contribution in [0.25, 0.3) is 0 Å². The van der Waals surface area contributed by atoms with Crippen LogP contribution in [0.15, 0.2) is 18.2 Å². The maximum atomic E-state index is 9.47. The normalized spacial score (nSPS) is 12.7. The molecule has 1 heteroatoms. The summed E-state index contributed by atoms with van der Waals surface area (Å²) in [6, 6.07) is 6.00. The fraction of sp³-hybridized carbons (Fsp3) is 0.571. The first-order valence-electron chi connectivity index (χ1n) is 5.98. The third-order valence-electron chi connectivity index (χ3n) is 3.09. The summed E-state index contributed by atoms with van der Waals surface area (Å²) in [6.07, 6.45) is 4.99. The molecule has 1 rings (SSSR count). The lowest BCUT2D eigenvalue weighted by Crippen LogP contribution is -1.97. The van der Waals surface area contributed by atoms with Crippen LogP contribution in [0.1, 0.15) is 56.6 Å². The molecule has 0 saturated heterocycles. The van der Waals surface area contributed by atoms with Gasteiger partial charge in [0.25, 0.3) is 0 Å². The molecule has 0 bridgehead atoms. The molecular weight excluding hydrogens is 184 g/mol. The Morgan fingerprint density at radius 2 is 2.00 bits per heavy atom. The average Bonchev–Trinajstić information content (AvgIpc) is 2.24. The van der Waals surface area contributed by atoms with E-state index < -0.39 is 0 Å². The van der Waals surface area contributed by atoms with Gasteiger partial charge in [-0.2, -0.15) is 0 Å². The van der Waals surface area contributed by atoms with Crippen LogP contribution in [0.5, 0.6) is 5.75 Å². The van der Waals surface area contributed by atoms with Gasteiger partial charge in [-0.15, -0.1) is 0 Å². The third-order valence-corrected chi connectivity index (χ3v) is 3.09. The van der Waals surface area contributed by atoms with Crippen molar-refractivity contribution in [3.8, 4) is 5.75 Å². The minimum absolute atomic E-state index is 0.407. The minimum atomic E-state index is 0.407. The highest BCUT2D eigenvalue weighted by Gasteiger charge is 2.09. The number of unbranched alkanes of at least 4 members (excludes halogenated alkanes) is 1. The summed E-state index contributed by atoms with van der Waals surface area (Å²) in [6.45, 7) is 6.43. The van der Waals surface area contributed by atoms with Crippen LogP contribution in [0.2, 0.25) is 0 Å². The van der Waals surface area contributed by atoms with Gasteiger partial charge in [0.05, 0.1) is 0 Å². The van der Waals surface area contributed by atoms with E-state index in [2.05, 4.69) is 26.0 Å². The minimum Gasteiger partial charge on any atom is -0.508 e. The first-order valence-corrected chi connectivity index (χ1v) is 5.98. The smallest absolute Gasteiger partial charge is 0.118 e. The van der Waals surface area contributed by atoms with Crippen molar-refractivity contribution in [1.29, 1.82) is 0 Å². The lowest BCUT2D eigenvalue weighted by Gasteiger charge is -2.15. The molecule has 1 N–H and O–H groups in total. The van der Waals surface area contributed by atoms with Crippen LogP contribution in [-0.4, -0.2) is 5.11 Å². The SMILES string of the molecule is CCCCC(CC)c1ccc(O)c(C)c1. The van der Waals surface area contributed by atoms with Crippen molar-refractivity contribution in [1.82, 2.24) is 0 Å².